The van der Waals surface area contributed by atoms with Gasteiger partial charge >= 0.3 is 5.97 Å². The molecule has 0 unspecified atom stereocenters. The first-order chi connectivity index (χ1) is 14.5. The second kappa shape index (κ2) is 10.4. The number of carbonyl (C=O) groups is 3. The molecule has 0 atom stereocenters. The zero-order valence-electron chi connectivity index (χ0n) is 17.7. The van der Waals surface area contributed by atoms with Gasteiger partial charge in [0.05, 0.1) is 17.8 Å². The molecule has 30 heavy (non-hydrogen) atoms. The van der Waals surface area contributed by atoms with Crippen molar-refractivity contribution < 1.29 is 19.5 Å². The van der Waals surface area contributed by atoms with Crippen LogP contribution in [0, 0.1) is 5.92 Å². The van der Waals surface area contributed by atoms with Crippen molar-refractivity contribution >= 4 is 29.2 Å². The Labute approximate surface area is 177 Å². The van der Waals surface area contributed by atoms with E-state index in [2.05, 4.69) is 27.4 Å². The molecular formula is C22H32N4O4. The molecule has 2 amide bonds. The molecule has 2 aliphatic rings. The molecule has 3 rings (SSSR count). The number of rotatable bonds is 9. The topological polar surface area (TPSA) is 102 Å². The number of carboxylic acid groups (broad SMARTS) is 1. The van der Waals surface area contributed by atoms with Crippen molar-refractivity contribution in [2.75, 3.05) is 49.5 Å². The normalized spacial score (nSPS) is 17.3. The highest BCUT2D eigenvalue weighted by Crippen LogP contribution is 2.29. The van der Waals surface area contributed by atoms with E-state index < -0.39 is 5.97 Å². The maximum Gasteiger partial charge on any atom is 0.337 e. The maximum absolute atomic E-state index is 12.2. The quantitative estimate of drug-likeness (QED) is 0.533. The Morgan fingerprint density at radius 1 is 1.13 bits per heavy atom. The summed E-state index contributed by atoms with van der Waals surface area (Å²) in [4.78, 5) is 40.2. The Morgan fingerprint density at radius 2 is 1.87 bits per heavy atom. The minimum Gasteiger partial charge on any atom is -0.478 e. The molecule has 0 bridgehead atoms. The number of aromatic carboxylic acids is 1. The van der Waals surface area contributed by atoms with Crippen LogP contribution in [0.1, 0.15) is 49.4 Å². The number of hydrogen-bond donors (Lipinski definition) is 3. The number of nitrogens with one attached hydrogen (secondary N) is 2. The third kappa shape index (κ3) is 5.72. The van der Waals surface area contributed by atoms with Crippen molar-refractivity contribution in [2.24, 2.45) is 5.92 Å². The fourth-order valence-corrected chi connectivity index (χ4v) is 3.75. The van der Waals surface area contributed by atoms with Gasteiger partial charge in [-0.05, 0) is 37.5 Å². The predicted molar refractivity (Wildman–Crippen MR) is 116 cm³/mol. The third-order valence-corrected chi connectivity index (χ3v) is 5.92. The molecule has 1 aliphatic heterocycles. The number of hydrogen-bond acceptors (Lipinski definition) is 5. The van der Waals surface area contributed by atoms with Crippen LogP contribution in [-0.2, 0) is 9.59 Å². The fraction of sp³-hybridized carbons (Fsp3) is 0.591. The Balaban J connectivity index is 1.56. The molecule has 8 nitrogen and oxygen atoms in total. The first-order valence-electron chi connectivity index (χ1n) is 10.9. The average Bonchev–Trinajstić information content (AvgIpc) is 2.67. The molecule has 1 saturated heterocycles. The molecule has 1 saturated carbocycles. The minimum atomic E-state index is -1.05. The molecular weight excluding hydrogens is 384 g/mol. The summed E-state index contributed by atoms with van der Waals surface area (Å²) >= 11 is 0. The van der Waals surface area contributed by atoms with Gasteiger partial charge in [0.25, 0.3) is 0 Å². The summed E-state index contributed by atoms with van der Waals surface area (Å²) in [5.41, 5.74) is 1.28. The van der Waals surface area contributed by atoms with Gasteiger partial charge in [0.2, 0.25) is 11.8 Å². The predicted octanol–water partition coefficient (Wildman–Crippen LogP) is 2.16. The lowest BCUT2D eigenvalue weighted by Gasteiger charge is -2.36. The van der Waals surface area contributed by atoms with Gasteiger partial charge in [-0.25, -0.2) is 4.79 Å². The van der Waals surface area contributed by atoms with E-state index in [1.807, 2.05) is 6.07 Å². The van der Waals surface area contributed by atoms with Gasteiger partial charge < -0.3 is 20.6 Å². The maximum atomic E-state index is 12.2. The third-order valence-electron chi connectivity index (χ3n) is 5.92. The lowest BCUT2D eigenvalue weighted by Crippen LogP contribution is -2.49. The second-order valence-corrected chi connectivity index (χ2v) is 8.12. The Bertz CT molecular complexity index is 770. The Hall–Kier alpha value is -2.61. The fourth-order valence-electron chi connectivity index (χ4n) is 3.75. The SMILES string of the molecule is CCCCNC(=O)CN1CCN(c2ccc(NC(=O)C3CCC3)c(C(=O)O)c2)CC1. The zero-order chi connectivity index (χ0) is 21.5. The number of piperazine rings is 1. The molecule has 3 N–H and O–H groups in total. The van der Waals surface area contributed by atoms with Crippen molar-refractivity contribution in [3.05, 3.63) is 23.8 Å². The minimum absolute atomic E-state index is 0.00132. The van der Waals surface area contributed by atoms with Crippen LogP contribution in [0.2, 0.25) is 0 Å². The largest absolute Gasteiger partial charge is 0.478 e. The summed E-state index contributed by atoms with van der Waals surface area (Å²) in [6.45, 7) is 6.12. The van der Waals surface area contributed by atoms with Crippen LogP contribution in [0.5, 0.6) is 0 Å². The molecule has 2 fully saturated rings. The van der Waals surface area contributed by atoms with Crippen molar-refractivity contribution in [3.63, 3.8) is 0 Å². The smallest absolute Gasteiger partial charge is 0.337 e. The average molecular weight is 417 g/mol. The van der Waals surface area contributed by atoms with Gasteiger partial charge in [-0.15, -0.1) is 0 Å². The number of carbonyl (C=O) groups excluding carboxylic acids is 2. The van der Waals surface area contributed by atoms with Crippen LogP contribution in [0.15, 0.2) is 18.2 Å². The molecule has 164 valence electrons. The van der Waals surface area contributed by atoms with E-state index in [0.717, 1.165) is 70.5 Å². The second-order valence-electron chi connectivity index (χ2n) is 8.12. The van der Waals surface area contributed by atoms with Gasteiger partial charge in [-0.2, -0.15) is 0 Å². The van der Waals surface area contributed by atoms with Gasteiger partial charge in [-0.1, -0.05) is 19.8 Å². The van der Waals surface area contributed by atoms with Gasteiger partial charge in [0.15, 0.2) is 0 Å². The van der Waals surface area contributed by atoms with E-state index >= 15 is 0 Å². The molecule has 0 radical (unpaired) electrons. The summed E-state index contributed by atoms with van der Waals surface area (Å²) in [6.07, 6.45) is 4.83. The van der Waals surface area contributed by atoms with Crippen LogP contribution < -0.4 is 15.5 Å². The highest BCUT2D eigenvalue weighted by Gasteiger charge is 2.27. The van der Waals surface area contributed by atoms with Crippen molar-refractivity contribution in [3.8, 4) is 0 Å². The molecule has 1 aromatic rings. The van der Waals surface area contributed by atoms with Gasteiger partial charge in [0.1, 0.15) is 0 Å². The number of benzene rings is 1. The number of amides is 2. The lowest BCUT2D eigenvalue weighted by atomic mass is 9.85. The molecule has 0 spiro atoms. The molecule has 0 aromatic heterocycles. The van der Waals surface area contributed by atoms with Crippen LogP contribution in [0.3, 0.4) is 0 Å². The molecule has 8 heteroatoms. The van der Waals surface area contributed by atoms with E-state index in [4.69, 9.17) is 0 Å². The molecule has 1 heterocycles. The standard InChI is InChI=1S/C22H32N4O4/c1-2-3-9-23-20(27)15-25-10-12-26(13-11-25)17-7-8-19(18(14-17)22(29)30)24-21(28)16-5-4-6-16/h7-8,14,16H,2-6,9-13,15H2,1H3,(H,23,27)(H,24,28)(H,29,30). The molecule has 1 aliphatic carbocycles. The van der Waals surface area contributed by atoms with Crippen LogP contribution in [0.25, 0.3) is 0 Å². The van der Waals surface area contributed by atoms with Crippen LogP contribution in [-0.4, -0.2) is 67.1 Å². The number of anilines is 2. The number of nitrogens with zero attached hydrogens (tertiary/aromatic N) is 2. The zero-order valence-corrected chi connectivity index (χ0v) is 17.7. The number of carboxylic acids is 1. The summed E-state index contributed by atoms with van der Waals surface area (Å²) in [6, 6.07) is 5.17. The number of unbranched alkanes of at least 4 members (excludes halogenated alkanes) is 1. The van der Waals surface area contributed by atoms with E-state index in [1.54, 1.807) is 12.1 Å². The van der Waals surface area contributed by atoms with E-state index in [1.165, 1.54) is 0 Å². The first kappa shape index (κ1) is 22.1. The summed E-state index contributed by atoms with van der Waals surface area (Å²) < 4.78 is 0. The lowest BCUT2D eigenvalue weighted by molar-refractivity contribution is -0.123. The summed E-state index contributed by atoms with van der Waals surface area (Å²) in [5, 5.41) is 15.3. The van der Waals surface area contributed by atoms with Crippen LogP contribution >= 0.6 is 0 Å². The van der Waals surface area contributed by atoms with E-state index in [0.29, 0.717) is 12.2 Å². The van der Waals surface area contributed by atoms with Crippen molar-refractivity contribution in [1.29, 1.82) is 0 Å². The first-order valence-corrected chi connectivity index (χ1v) is 10.9. The monoisotopic (exact) mass is 416 g/mol. The Morgan fingerprint density at radius 3 is 2.47 bits per heavy atom. The van der Waals surface area contributed by atoms with E-state index in [9.17, 15) is 19.5 Å². The highest BCUT2D eigenvalue weighted by molar-refractivity contribution is 6.02. The van der Waals surface area contributed by atoms with Crippen molar-refractivity contribution in [1.82, 2.24) is 10.2 Å². The van der Waals surface area contributed by atoms with E-state index in [-0.39, 0.29) is 23.3 Å². The van der Waals surface area contributed by atoms with Gasteiger partial charge in [-0.3, -0.25) is 14.5 Å². The highest BCUT2D eigenvalue weighted by atomic mass is 16.4. The van der Waals surface area contributed by atoms with Crippen molar-refractivity contribution in [2.45, 2.75) is 39.0 Å². The summed E-state index contributed by atoms with van der Waals surface area (Å²) in [7, 11) is 0. The molecule has 1 aromatic carbocycles. The van der Waals surface area contributed by atoms with Gasteiger partial charge in [0, 0.05) is 44.3 Å². The Kier molecular flexibility index (Phi) is 7.68. The van der Waals surface area contributed by atoms with Crippen LogP contribution in [0.4, 0.5) is 11.4 Å². The summed E-state index contributed by atoms with van der Waals surface area (Å²) in [5.74, 6) is -1.10.